The molecule has 68 heavy (non-hydrogen) atoms. The Hall–Kier alpha value is -6.83. The first-order valence-corrected chi connectivity index (χ1v) is 23.1. The van der Waals surface area contributed by atoms with Crippen molar-refractivity contribution in [2.24, 2.45) is 0 Å². The summed E-state index contributed by atoms with van der Waals surface area (Å²) < 4.78 is 12.0. The largest absolute Gasteiger partial charge is 0.496 e. The zero-order valence-electron chi connectivity index (χ0n) is 39.4. The van der Waals surface area contributed by atoms with E-state index in [9.17, 15) is 9.59 Å². The maximum Gasteiger partial charge on any atom is 0.496 e. The third kappa shape index (κ3) is 9.37. The Bertz CT molecular complexity index is 2830. The molecule has 5 aliphatic heterocycles. The number of anilines is 6. The number of hydrogen-bond donors (Lipinski definition) is 2. The van der Waals surface area contributed by atoms with Crippen molar-refractivity contribution < 1.29 is 18.9 Å². The molecule has 3 saturated heterocycles. The zero-order valence-corrected chi connectivity index (χ0v) is 40.2. The number of aromatic nitrogens is 8. The van der Waals surface area contributed by atoms with Crippen LogP contribution in [0.15, 0.2) is 86.0 Å². The summed E-state index contributed by atoms with van der Waals surface area (Å²) in [6.07, 6.45) is 14.8. The van der Waals surface area contributed by atoms with Crippen LogP contribution in [-0.2, 0) is 9.31 Å². The summed E-state index contributed by atoms with van der Waals surface area (Å²) in [5.41, 5.74) is 8.39. The molecule has 18 nitrogen and oxygen atoms in total. The van der Waals surface area contributed by atoms with E-state index >= 15 is 0 Å². The van der Waals surface area contributed by atoms with E-state index in [1.165, 1.54) is 18.6 Å². The van der Waals surface area contributed by atoms with Gasteiger partial charge in [0.1, 0.15) is 5.15 Å². The number of rotatable bonds is 4. The highest BCUT2D eigenvalue weighted by Gasteiger charge is 2.52. The summed E-state index contributed by atoms with van der Waals surface area (Å²) in [6, 6.07) is 11.5. The molecular weight excluding hydrogens is 883 g/mol. The number of hydrogen-bond acceptors (Lipinski definition) is 14. The average molecular weight is 937 g/mol. The van der Waals surface area contributed by atoms with Crippen LogP contribution >= 0.6 is 11.6 Å². The first kappa shape index (κ1) is 46.3. The van der Waals surface area contributed by atoms with Gasteiger partial charge < -0.3 is 19.1 Å². The highest BCUT2D eigenvalue weighted by Crippen LogP contribution is 2.42. The zero-order chi connectivity index (χ0) is 47.9. The third-order valence-electron chi connectivity index (χ3n) is 13.2. The van der Waals surface area contributed by atoms with Gasteiger partial charge in [0.15, 0.2) is 23.3 Å². The fraction of sp³-hybridized carbons (Fsp3) is 0.375. The lowest BCUT2D eigenvalue weighted by Crippen LogP contribution is -2.48. The van der Waals surface area contributed by atoms with Crippen molar-refractivity contribution in [1.29, 1.82) is 0 Å². The molecule has 0 aromatic carbocycles. The van der Waals surface area contributed by atoms with Crippen LogP contribution in [-0.4, -0.2) is 109 Å². The fourth-order valence-corrected chi connectivity index (χ4v) is 9.17. The second kappa shape index (κ2) is 18.7. The number of carbonyl (C=O) groups excluding carboxylic acids is 2. The molecule has 11 heterocycles. The molecule has 0 aliphatic carbocycles. The molecule has 20 heteroatoms. The van der Waals surface area contributed by atoms with Crippen molar-refractivity contribution in [3.05, 3.63) is 114 Å². The van der Waals surface area contributed by atoms with E-state index in [4.69, 9.17) is 25.9 Å². The summed E-state index contributed by atoms with van der Waals surface area (Å²) in [5, 5.41) is 6.00. The Balaban J connectivity index is 0.000000132. The molecule has 6 aromatic heterocycles. The minimum absolute atomic E-state index is 0.0826. The average Bonchev–Trinajstić information content (AvgIpc) is 3.98. The monoisotopic (exact) mass is 936 g/mol. The minimum Gasteiger partial charge on any atom is -0.399 e. The molecule has 6 aromatic rings. The Kier molecular flexibility index (Phi) is 12.7. The SMILES string of the molecule is Cc1cc(C)c(-c2ccc3c(n2)N(C(=O)Nc2cnccn2)[C@H]2CCN3C2)cn1.Cc1cc(C)c(B2OC(C)(C)C(C)(C)O2)cn1.O=C(Nc1cnccn1)N1c2nc(Cl)ccc2N2CC[C@H]1C2. The van der Waals surface area contributed by atoms with Crippen LogP contribution in [0, 0.1) is 27.7 Å². The third-order valence-corrected chi connectivity index (χ3v) is 13.4. The summed E-state index contributed by atoms with van der Waals surface area (Å²) >= 11 is 6.01. The number of carbonyl (C=O) groups is 2. The molecule has 2 atom stereocenters. The molecule has 11 rings (SSSR count). The normalized spacial score (nSPS) is 19.0. The topological polar surface area (TPSA) is 193 Å². The van der Waals surface area contributed by atoms with Crippen LogP contribution in [0.25, 0.3) is 11.3 Å². The van der Waals surface area contributed by atoms with Gasteiger partial charge in [0.25, 0.3) is 0 Å². The molecule has 4 bridgehead atoms. The van der Waals surface area contributed by atoms with E-state index in [1.807, 2.05) is 44.4 Å². The molecule has 0 spiro atoms. The van der Waals surface area contributed by atoms with Gasteiger partial charge in [0.05, 0.1) is 52.7 Å². The summed E-state index contributed by atoms with van der Waals surface area (Å²) in [6.45, 7) is 19.8. The van der Waals surface area contributed by atoms with E-state index < -0.39 is 0 Å². The van der Waals surface area contributed by atoms with Crippen molar-refractivity contribution in [2.45, 2.75) is 91.5 Å². The predicted octanol–water partition coefficient (Wildman–Crippen LogP) is 7.33. The van der Waals surface area contributed by atoms with Crippen molar-refractivity contribution >= 4 is 70.9 Å². The Morgan fingerprint density at radius 1 is 0.662 bits per heavy atom. The lowest BCUT2D eigenvalue weighted by molar-refractivity contribution is 0.00578. The molecule has 350 valence electrons. The van der Waals surface area contributed by atoms with Crippen LogP contribution < -0.4 is 35.7 Å². The van der Waals surface area contributed by atoms with Crippen LogP contribution in [0.1, 0.15) is 63.1 Å². The number of fused-ring (bicyclic) bond motifs is 8. The van der Waals surface area contributed by atoms with Crippen molar-refractivity contribution in [1.82, 2.24) is 39.9 Å². The lowest BCUT2D eigenvalue weighted by Gasteiger charge is -2.35. The number of pyridine rings is 4. The lowest BCUT2D eigenvalue weighted by atomic mass is 9.77. The predicted molar refractivity (Wildman–Crippen MR) is 264 cm³/mol. The van der Waals surface area contributed by atoms with Gasteiger partial charge in [-0.3, -0.25) is 40.4 Å². The van der Waals surface area contributed by atoms with E-state index in [-0.39, 0.29) is 42.5 Å². The number of aryl methyl sites for hydroxylation is 4. The number of nitrogens with one attached hydrogen (secondary N) is 2. The van der Waals surface area contributed by atoms with Gasteiger partial charge in [-0.05, 0) is 116 Å². The van der Waals surface area contributed by atoms with E-state index in [2.05, 4.69) is 109 Å². The van der Waals surface area contributed by atoms with Crippen LogP contribution in [0.3, 0.4) is 0 Å². The van der Waals surface area contributed by atoms with Crippen molar-refractivity contribution in [2.75, 3.05) is 56.4 Å². The summed E-state index contributed by atoms with van der Waals surface area (Å²) in [7, 11) is -0.312. The van der Waals surface area contributed by atoms with Gasteiger partial charge in [-0.2, -0.15) is 0 Å². The van der Waals surface area contributed by atoms with Gasteiger partial charge in [0, 0.05) is 85.8 Å². The highest BCUT2D eigenvalue weighted by molar-refractivity contribution is 6.62. The Morgan fingerprint density at radius 2 is 1.18 bits per heavy atom. The van der Waals surface area contributed by atoms with Crippen molar-refractivity contribution in [3.63, 3.8) is 0 Å². The van der Waals surface area contributed by atoms with E-state index in [0.717, 1.165) is 89.6 Å². The number of halogens is 1. The highest BCUT2D eigenvalue weighted by atomic mass is 35.5. The molecule has 4 amide bonds. The first-order chi connectivity index (χ1) is 32.5. The van der Waals surface area contributed by atoms with E-state index in [1.54, 1.807) is 34.5 Å². The summed E-state index contributed by atoms with van der Waals surface area (Å²) in [5.74, 6) is 2.12. The smallest absolute Gasteiger partial charge is 0.399 e. The fourth-order valence-electron chi connectivity index (χ4n) is 9.03. The maximum atomic E-state index is 13.2. The quantitative estimate of drug-likeness (QED) is 0.132. The molecule has 0 radical (unpaired) electrons. The molecule has 0 saturated carbocycles. The molecule has 3 fully saturated rings. The number of nitrogens with zero attached hydrogens (tertiary/aromatic N) is 12. The maximum absolute atomic E-state index is 13.2. The minimum atomic E-state index is -0.312. The second-order valence-corrected chi connectivity index (χ2v) is 18.9. The van der Waals surface area contributed by atoms with Gasteiger partial charge >= 0.3 is 19.2 Å². The Labute approximate surface area is 401 Å². The number of amides is 4. The van der Waals surface area contributed by atoms with Gasteiger partial charge in [-0.25, -0.2) is 29.5 Å². The molecule has 0 unspecified atom stereocenters. The molecular formula is C48H54BClN14O4. The van der Waals surface area contributed by atoms with Gasteiger partial charge in [-0.1, -0.05) is 11.6 Å². The van der Waals surface area contributed by atoms with Crippen molar-refractivity contribution in [3.8, 4) is 11.3 Å². The summed E-state index contributed by atoms with van der Waals surface area (Å²) in [4.78, 5) is 68.0. The van der Waals surface area contributed by atoms with Gasteiger partial charge in [-0.15, -0.1) is 0 Å². The van der Waals surface area contributed by atoms with Crippen LogP contribution in [0.2, 0.25) is 5.15 Å². The second-order valence-electron chi connectivity index (χ2n) is 18.5. The van der Waals surface area contributed by atoms with E-state index in [0.29, 0.717) is 28.4 Å². The van der Waals surface area contributed by atoms with Gasteiger partial charge in [0.2, 0.25) is 0 Å². The van der Waals surface area contributed by atoms with Crippen LogP contribution in [0.4, 0.5) is 44.2 Å². The standard InChI is InChI=1S/C21H21N7O.C14H13ClN6O.C13H20BNO2/c1-13-9-14(2)24-10-16(13)17-3-4-18-20(25-17)28(15-5-8-27(18)12-15)21(29)26-19-11-22-6-7-23-19;15-11-2-1-10-13(18-11)21(9-3-6-20(10)8-9)14(22)19-12-7-16-4-5-17-12;1-9-7-10(2)15-8-11(9)14-16-12(3,4)13(5,6)17-14/h3-4,6-7,9-11,15H,5,8,12H2,1-2H3,(H,23,26,29);1-2,4-5,7,9H,3,6,8H2,(H,17,19,22);7-8H,1-6H3/t15-;9-;/m00./s1. The first-order valence-electron chi connectivity index (χ1n) is 22.7. The Morgan fingerprint density at radius 3 is 1.69 bits per heavy atom. The number of urea groups is 2. The molecule has 2 N–H and O–H groups in total. The molecule has 5 aliphatic rings. The van der Waals surface area contributed by atoms with Crippen LogP contribution in [0.5, 0.6) is 0 Å².